The first-order chi connectivity index (χ1) is 10.5. The van der Waals surface area contributed by atoms with Gasteiger partial charge in [-0.2, -0.15) is 0 Å². The van der Waals surface area contributed by atoms with E-state index in [9.17, 15) is 9.90 Å². The Labute approximate surface area is 130 Å². The summed E-state index contributed by atoms with van der Waals surface area (Å²) in [5.41, 5.74) is 3.75. The van der Waals surface area contributed by atoms with Crippen LogP contribution in [0.15, 0.2) is 27.4 Å². The standard InChI is InChI=1S/C19H22O3/c1-11-8-12(2)17(13(3)9-11)18-15(20)10-16(22-19(18)21)14-6-4-5-7-14/h8-10,14,20H,4-7H2,1-3H3. The first kappa shape index (κ1) is 14.9. The number of aromatic hydroxyl groups is 1. The minimum absolute atomic E-state index is 0.0354. The Morgan fingerprint density at radius 1 is 1.00 bits per heavy atom. The van der Waals surface area contributed by atoms with Crippen molar-refractivity contribution >= 4 is 0 Å². The van der Waals surface area contributed by atoms with Crippen molar-refractivity contribution in [3.63, 3.8) is 0 Å². The van der Waals surface area contributed by atoms with E-state index in [2.05, 4.69) is 0 Å². The van der Waals surface area contributed by atoms with Gasteiger partial charge in [-0.25, -0.2) is 4.79 Å². The SMILES string of the molecule is Cc1cc(C)c(-c2c(O)cc(C3CCCC3)oc2=O)c(C)c1. The third kappa shape index (κ3) is 2.56. The maximum Gasteiger partial charge on any atom is 0.347 e. The minimum atomic E-state index is -0.433. The van der Waals surface area contributed by atoms with Gasteiger partial charge in [-0.1, -0.05) is 30.5 Å². The van der Waals surface area contributed by atoms with Crippen molar-refractivity contribution in [2.75, 3.05) is 0 Å². The summed E-state index contributed by atoms with van der Waals surface area (Å²) in [6, 6.07) is 5.68. The highest BCUT2D eigenvalue weighted by Crippen LogP contribution is 2.38. The van der Waals surface area contributed by atoms with E-state index in [0.29, 0.717) is 5.76 Å². The molecule has 1 N–H and O–H groups in total. The Balaban J connectivity index is 2.15. The van der Waals surface area contributed by atoms with Gasteiger partial charge < -0.3 is 9.52 Å². The van der Waals surface area contributed by atoms with Gasteiger partial charge in [0.25, 0.3) is 0 Å². The van der Waals surface area contributed by atoms with E-state index in [4.69, 9.17) is 4.42 Å². The highest BCUT2D eigenvalue weighted by Gasteiger charge is 2.23. The molecule has 0 radical (unpaired) electrons. The molecule has 1 aliphatic carbocycles. The third-order valence-electron chi connectivity index (χ3n) is 4.63. The highest BCUT2D eigenvalue weighted by atomic mass is 16.4. The zero-order valence-corrected chi connectivity index (χ0v) is 13.4. The Hall–Kier alpha value is -2.03. The van der Waals surface area contributed by atoms with Crippen LogP contribution in [0.4, 0.5) is 0 Å². The van der Waals surface area contributed by atoms with Gasteiger partial charge in [-0.15, -0.1) is 0 Å². The predicted octanol–water partition coefficient (Wildman–Crippen LogP) is 4.60. The molecule has 1 heterocycles. The molecule has 3 rings (SSSR count). The summed E-state index contributed by atoms with van der Waals surface area (Å²) in [4.78, 5) is 12.5. The lowest BCUT2D eigenvalue weighted by Gasteiger charge is -2.14. The molecule has 0 aliphatic heterocycles. The van der Waals surface area contributed by atoms with Gasteiger partial charge in [0, 0.05) is 12.0 Å². The number of aryl methyl sites for hydroxylation is 3. The highest BCUT2D eigenvalue weighted by molar-refractivity contribution is 5.75. The molecular weight excluding hydrogens is 276 g/mol. The monoisotopic (exact) mass is 298 g/mol. The van der Waals surface area contributed by atoms with Crippen LogP contribution in [0.2, 0.25) is 0 Å². The van der Waals surface area contributed by atoms with E-state index in [1.807, 2.05) is 32.9 Å². The Kier molecular flexibility index (Phi) is 3.81. The maximum absolute atomic E-state index is 12.5. The van der Waals surface area contributed by atoms with Gasteiger partial charge in [0.05, 0.1) is 0 Å². The number of hydrogen-bond acceptors (Lipinski definition) is 3. The molecule has 0 spiro atoms. The van der Waals surface area contributed by atoms with Crippen LogP contribution >= 0.6 is 0 Å². The lowest BCUT2D eigenvalue weighted by atomic mass is 9.93. The van der Waals surface area contributed by atoms with Crippen LogP contribution in [-0.4, -0.2) is 5.11 Å². The quantitative estimate of drug-likeness (QED) is 0.881. The van der Waals surface area contributed by atoms with Crippen LogP contribution in [0.5, 0.6) is 5.75 Å². The smallest absolute Gasteiger partial charge is 0.347 e. The first-order valence-corrected chi connectivity index (χ1v) is 7.92. The molecule has 3 nitrogen and oxygen atoms in total. The fourth-order valence-corrected chi connectivity index (χ4v) is 3.72. The molecule has 0 saturated heterocycles. The van der Waals surface area contributed by atoms with Crippen LogP contribution < -0.4 is 5.63 Å². The Bertz CT molecular complexity index is 742. The second-order valence-electron chi connectivity index (χ2n) is 6.45. The molecular formula is C19H22O3. The zero-order valence-electron chi connectivity index (χ0n) is 13.4. The molecule has 1 fully saturated rings. The summed E-state index contributed by atoms with van der Waals surface area (Å²) in [6.45, 7) is 5.94. The van der Waals surface area contributed by atoms with E-state index in [-0.39, 0.29) is 17.2 Å². The van der Waals surface area contributed by atoms with Crippen LogP contribution in [0.3, 0.4) is 0 Å². The molecule has 0 bridgehead atoms. The van der Waals surface area contributed by atoms with Gasteiger partial charge in [-0.3, -0.25) is 0 Å². The molecule has 0 unspecified atom stereocenters. The number of rotatable bonds is 2. The van der Waals surface area contributed by atoms with E-state index in [1.54, 1.807) is 6.07 Å². The lowest BCUT2D eigenvalue weighted by Crippen LogP contribution is -2.09. The minimum Gasteiger partial charge on any atom is -0.507 e. The van der Waals surface area contributed by atoms with E-state index in [0.717, 1.165) is 47.9 Å². The van der Waals surface area contributed by atoms with Gasteiger partial charge in [0.15, 0.2) is 0 Å². The maximum atomic E-state index is 12.5. The second kappa shape index (κ2) is 5.64. The summed E-state index contributed by atoms with van der Waals surface area (Å²) in [5.74, 6) is 0.937. The van der Waals surface area contributed by atoms with E-state index < -0.39 is 5.63 Å². The fraction of sp³-hybridized carbons (Fsp3) is 0.421. The summed E-state index contributed by atoms with van der Waals surface area (Å²) in [5, 5.41) is 10.4. The van der Waals surface area contributed by atoms with E-state index in [1.165, 1.54) is 0 Å². The van der Waals surface area contributed by atoms with Gasteiger partial charge in [0.1, 0.15) is 17.1 Å². The summed E-state index contributed by atoms with van der Waals surface area (Å²) >= 11 is 0. The molecule has 1 aromatic heterocycles. The Morgan fingerprint density at radius 2 is 1.59 bits per heavy atom. The molecule has 2 aromatic rings. The fourth-order valence-electron chi connectivity index (χ4n) is 3.72. The zero-order chi connectivity index (χ0) is 15.9. The van der Waals surface area contributed by atoms with Crippen molar-refractivity contribution in [2.45, 2.75) is 52.4 Å². The van der Waals surface area contributed by atoms with Crippen LogP contribution in [-0.2, 0) is 0 Å². The van der Waals surface area contributed by atoms with Crippen LogP contribution in [0.25, 0.3) is 11.1 Å². The van der Waals surface area contributed by atoms with Crippen LogP contribution in [0, 0.1) is 20.8 Å². The molecule has 1 saturated carbocycles. The van der Waals surface area contributed by atoms with Crippen molar-refractivity contribution in [2.24, 2.45) is 0 Å². The van der Waals surface area contributed by atoms with Crippen molar-refractivity contribution in [3.8, 4) is 16.9 Å². The van der Waals surface area contributed by atoms with Gasteiger partial charge in [-0.05, 0) is 50.3 Å². The van der Waals surface area contributed by atoms with Crippen LogP contribution in [0.1, 0.15) is 54.1 Å². The summed E-state index contributed by atoms with van der Waals surface area (Å²) < 4.78 is 5.55. The van der Waals surface area contributed by atoms with Crippen molar-refractivity contribution in [3.05, 3.63) is 51.1 Å². The average molecular weight is 298 g/mol. The molecule has 1 aliphatic rings. The molecule has 22 heavy (non-hydrogen) atoms. The van der Waals surface area contributed by atoms with Crippen molar-refractivity contribution in [1.29, 1.82) is 0 Å². The van der Waals surface area contributed by atoms with E-state index >= 15 is 0 Å². The number of benzene rings is 1. The third-order valence-corrected chi connectivity index (χ3v) is 4.63. The topological polar surface area (TPSA) is 50.4 Å². The molecule has 116 valence electrons. The largest absolute Gasteiger partial charge is 0.507 e. The summed E-state index contributed by atoms with van der Waals surface area (Å²) in [7, 11) is 0. The summed E-state index contributed by atoms with van der Waals surface area (Å²) in [6.07, 6.45) is 4.38. The number of hydrogen-bond donors (Lipinski definition) is 1. The predicted molar refractivity (Wildman–Crippen MR) is 87.5 cm³/mol. The molecule has 3 heteroatoms. The molecule has 0 amide bonds. The average Bonchev–Trinajstić information content (AvgIpc) is 2.94. The van der Waals surface area contributed by atoms with Gasteiger partial charge >= 0.3 is 5.63 Å². The van der Waals surface area contributed by atoms with Gasteiger partial charge in [0.2, 0.25) is 0 Å². The Morgan fingerprint density at radius 3 is 2.14 bits per heavy atom. The first-order valence-electron chi connectivity index (χ1n) is 7.92. The lowest BCUT2D eigenvalue weighted by molar-refractivity contribution is 0.403. The molecule has 0 atom stereocenters. The van der Waals surface area contributed by atoms with Crippen molar-refractivity contribution < 1.29 is 9.52 Å². The normalized spacial score (nSPS) is 15.4. The second-order valence-corrected chi connectivity index (χ2v) is 6.45. The molecule has 1 aromatic carbocycles. The van der Waals surface area contributed by atoms with Crippen molar-refractivity contribution in [1.82, 2.24) is 0 Å².